The maximum Gasteiger partial charge on any atom is 0.243 e. The van der Waals surface area contributed by atoms with Crippen LogP contribution in [0.25, 0.3) is 0 Å². The average molecular weight is 449 g/mol. The Labute approximate surface area is 183 Å². The Balaban J connectivity index is 1.70. The second-order valence-corrected chi connectivity index (χ2v) is 9.19. The van der Waals surface area contributed by atoms with Gasteiger partial charge in [0.15, 0.2) is 11.5 Å². The predicted octanol–water partition coefficient (Wildman–Crippen LogP) is 2.43. The minimum atomic E-state index is -3.77. The molecule has 0 spiro atoms. The lowest BCUT2D eigenvalue weighted by molar-refractivity contribution is -0.126. The highest BCUT2D eigenvalue weighted by Gasteiger charge is 2.33. The first-order chi connectivity index (χ1) is 14.9. The van der Waals surface area contributed by atoms with E-state index in [1.165, 1.54) is 30.7 Å². The molecule has 1 aliphatic rings. The third-order valence-electron chi connectivity index (χ3n) is 5.39. The van der Waals surface area contributed by atoms with E-state index in [-0.39, 0.29) is 17.3 Å². The molecule has 1 aliphatic heterocycles. The lowest BCUT2D eigenvalue weighted by Crippen LogP contribution is -2.45. The minimum absolute atomic E-state index is 0.111. The first-order valence-corrected chi connectivity index (χ1v) is 11.5. The fourth-order valence-electron chi connectivity index (χ4n) is 3.68. The monoisotopic (exact) mass is 448 g/mol. The van der Waals surface area contributed by atoms with E-state index in [4.69, 9.17) is 14.2 Å². The Morgan fingerprint density at radius 1 is 1.03 bits per heavy atom. The number of para-hydroxylation sites is 1. The molecule has 2 aromatic rings. The van der Waals surface area contributed by atoms with Crippen molar-refractivity contribution in [2.45, 2.75) is 24.3 Å². The molecule has 31 heavy (non-hydrogen) atoms. The van der Waals surface area contributed by atoms with Crippen LogP contribution in [-0.4, -0.2) is 53.0 Å². The summed E-state index contributed by atoms with van der Waals surface area (Å²) in [5, 5.41) is 2.91. The van der Waals surface area contributed by atoms with Crippen molar-refractivity contribution in [3.8, 4) is 17.2 Å². The number of benzene rings is 2. The zero-order valence-corrected chi connectivity index (χ0v) is 18.8. The van der Waals surface area contributed by atoms with Gasteiger partial charge in [-0.25, -0.2) is 8.42 Å². The second kappa shape index (κ2) is 10.0. The first kappa shape index (κ1) is 22.9. The number of hydrogen-bond acceptors (Lipinski definition) is 6. The minimum Gasteiger partial charge on any atom is -0.496 e. The maximum absolute atomic E-state index is 13.2. The fourth-order valence-corrected chi connectivity index (χ4v) is 5.22. The highest BCUT2D eigenvalue weighted by molar-refractivity contribution is 7.89. The summed E-state index contributed by atoms with van der Waals surface area (Å²) >= 11 is 0. The second-order valence-electron chi connectivity index (χ2n) is 7.25. The van der Waals surface area contributed by atoms with Crippen molar-refractivity contribution in [1.29, 1.82) is 0 Å². The standard InChI is InChI=1S/C22H28N2O6S/c1-28-19-9-5-4-7-16(19)14-23-22(25)17-8-6-12-24(15-17)31(26,27)18-10-11-20(29-2)21(13-18)30-3/h4-5,7,9-11,13,17H,6,8,12,14-15H2,1-3H3,(H,23,25)/t17-/m0/s1. The number of hydrogen-bond donors (Lipinski definition) is 1. The van der Waals surface area contributed by atoms with Gasteiger partial charge in [-0.05, 0) is 31.0 Å². The van der Waals surface area contributed by atoms with Gasteiger partial charge in [0.1, 0.15) is 5.75 Å². The molecule has 8 nitrogen and oxygen atoms in total. The molecule has 0 aromatic heterocycles. The van der Waals surface area contributed by atoms with Crippen LogP contribution in [0.2, 0.25) is 0 Å². The number of nitrogens with zero attached hydrogens (tertiary/aromatic N) is 1. The van der Waals surface area contributed by atoms with Crippen molar-refractivity contribution >= 4 is 15.9 Å². The van der Waals surface area contributed by atoms with Gasteiger partial charge in [0, 0.05) is 31.3 Å². The number of methoxy groups -OCH3 is 3. The van der Waals surface area contributed by atoms with Gasteiger partial charge in [0.05, 0.1) is 32.1 Å². The number of rotatable bonds is 8. The molecule has 1 saturated heterocycles. The lowest BCUT2D eigenvalue weighted by atomic mass is 9.98. The van der Waals surface area contributed by atoms with Crippen LogP contribution in [0.4, 0.5) is 0 Å². The van der Waals surface area contributed by atoms with Gasteiger partial charge in [0.2, 0.25) is 15.9 Å². The molecular formula is C22H28N2O6S. The number of carbonyl (C=O) groups excluding carboxylic acids is 1. The Morgan fingerprint density at radius 2 is 1.74 bits per heavy atom. The molecule has 1 fully saturated rings. The van der Waals surface area contributed by atoms with Gasteiger partial charge < -0.3 is 19.5 Å². The SMILES string of the molecule is COc1ccccc1CNC(=O)[C@H]1CCCN(S(=O)(=O)c2ccc(OC)c(OC)c2)C1. The Hall–Kier alpha value is -2.78. The van der Waals surface area contributed by atoms with Gasteiger partial charge in [-0.1, -0.05) is 18.2 Å². The Bertz CT molecular complexity index is 1020. The average Bonchev–Trinajstić information content (AvgIpc) is 2.82. The fraction of sp³-hybridized carbons (Fsp3) is 0.409. The molecule has 0 bridgehead atoms. The van der Waals surface area contributed by atoms with Crippen molar-refractivity contribution in [3.63, 3.8) is 0 Å². The molecule has 1 heterocycles. The van der Waals surface area contributed by atoms with Gasteiger partial charge in [0.25, 0.3) is 0 Å². The molecule has 1 N–H and O–H groups in total. The molecule has 0 aliphatic carbocycles. The van der Waals surface area contributed by atoms with E-state index >= 15 is 0 Å². The quantitative estimate of drug-likeness (QED) is 0.667. The van der Waals surface area contributed by atoms with Crippen LogP contribution < -0.4 is 19.5 Å². The molecule has 0 unspecified atom stereocenters. The molecule has 0 saturated carbocycles. The maximum atomic E-state index is 13.2. The Morgan fingerprint density at radius 3 is 2.45 bits per heavy atom. The van der Waals surface area contributed by atoms with E-state index in [2.05, 4.69) is 5.32 Å². The highest BCUT2D eigenvalue weighted by atomic mass is 32.2. The smallest absolute Gasteiger partial charge is 0.243 e. The zero-order chi connectivity index (χ0) is 22.4. The molecular weight excluding hydrogens is 420 g/mol. The summed E-state index contributed by atoms with van der Waals surface area (Å²) in [7, 11) is 0.763. The van der Waals surface area contributed by atoms with Crippen molar-refractivity contribution < 1.29 is 27.4 Å². The first-order valence-electron chi connectivity index (χ1n) is 10.0. The van der Waals surface area contributed by atoms with Gasteiger partial charge in [-0.15, -0.1) is 0 Å². The predicted molar refractivity (Wildman–Crippen MR) is 116 cm³/mol. The van der Waals surface area contributed by atoms with Crippen molar-refractivity contribution in [2.24, 2.45) is 5.92 Å². The number of carbonyl (C=O) groups is 1. The van der Waals surface area contributed by atoms with Gasteiger partial charge >= 0.3 is 0 Å². The molecule has 0 radical (unpaired) electrons. The summed E-state index contributed by atoms with van der Waals surface area (Å²) < 4.78 is 43.4. The topological polar surface area (TPSA) is 94.2 Å². The summed E-state index contributed by atoms with van der Waals surface area (Å²) in [4.78, 5) is 12.9. The van der Waals surface area contributed by atoms with E-state index in [0.29, 0.717) is 43.2 Å². The van der Waals surface area contributed by atoms with E-state index < -0.39 is 15.9 Å². The Kier molecular flexibility index (Phi) is 7.40. The molecule has 168 valence electrons. The highest BCUT2D eigenvalue weighted by Crippen LogP contribution is 2.32. The largest absolute Gasteiger partial charge is 0.496 e. The molecule has 1 atom stereocenters. The van der Waals surface area contributed by atoms with E-state index in [9.17, 15) is 13.2 Å². The van der Waals surface area contributed by atoms with Crippen LogP contribution in [0, 0.1) is 5.92 Å². The van der Waals surface area contributed by atoms with Crippen LogP contribution in [0.1, 0.15) is 18.4 Å². The lowest BCUT2D eigenvalue weighted by Gasteiger charge is -2.31. The number of ether oxygens (including phenoxy) is 3. The molecule has 9 heteroatoms. The zero-order valence-electron chi connectivity index (χ0n) is 18.0. The molecule has 3 rings (SSSR count). The summed E-state index contributed by atoms with van der Waals surface area (Å²) in [6.45, 7) is 0.823. The van der Waals surface area contributed by atoms with Crippen LogP contribution in [-0.2, 0) is 21.4 Å². The molecule has 2 aromatic carbocycles. The van der Waals surface area contributed by atoms with E-state index in [1.807, 2.05) is 24.3 Å². The van der Waals surface area contributed by atoms with Gasteiger partial charge in [-0.2, -0.15) is 4.31 Å². The van der Waals surface area contributed by atoms with E-state index in [1.54, 1.807) is 13.2 Å². The number of nitrogens with one attached hydrogen (secondary N) is 1. The normalized spacial score (nSPS) is 17.1. The van der Waals surface area contributed by atoms with Crippen molar-refractivity contribution in [2.75, 3.05) is 34.4 Å². The summed E-state index contributed by atoms with van der Waals surface area (Å²) in [6, 6.07) is 12.0. The van der Waals surface area contributed by atoms with Crippen LogP contribution in [0.15, 0.2) is 47.4 Å². The van der Waals surface area contributed by atoms with Crippen LogP contribution in [0.5, 0.6) is 17.2 Å². The number of amides is 1. The number of piperidine rings is 1. The van der Waals surface area contributed by atoms with Crippen molar-refractivity contribution in [3.05, 3.63) is 48.0 Å². The van der Waals surface area contributed by atoms with Crippen molar-refractivity contribution in [1.82, 2.24) is 9.62 Å². The third-order valence-corrected chi connectivity index (χ3v) is 7.25. The van der Waals surface area contributed by atoms with Crippen LogP contribution >= 0.6 is 0 Å². The number of sulfonamides is 1. The third kappa shape index (κ3) is 5.11. The summed E-state index contributed by atoms with van der Waals surface area (Å²) in [5.41, 5.74) is 0.865. The molecule has 1 amide bonds. The summed E-state index contributed by atoms with van der Waals surface area (Å²) in [5.74, 6) is 0.904. The van der Waals surface area contributed by atoms with Crippen LogP contribution in [0.3, 0.4) is 0 Å². The van der Waals surface area contributed by atoms with Gasteiger partial charge in [-0.3, -0.25) is 4.79 Å². The van der Waals surface area contributed by atoms with E-state index in [0.717, 1.165) is 5.56 Å². The summed E-state index contributed by atoms with van der Waals surface area (Å²) in [6.07, 6.45) is 1.25.